The molecule has 0 spiro atoms. The summed E-state index contributed by atoms with van der Waals surface area (Å²) in [5.74, 6) is 0.122. The van der Waals surface area contributed by atoms with E-state index >= 15 is 0 Å². The van der Waals surface area contributed by atoms with Gasteiger partial charge in [0.05, 0.1) is 5.69 Å². The topological polar surface area (TPSA) is 72.9 Å². The molecule has 0 aliphatic heterocycles. The minimum absolute atomic E-state index is 0.0412. The molecule has 1 aromatic carbocycles. The van der Waals surface area contributed by atoms with Gasteiger partial charge in [0.25, 0.3) is 0 Å². The van der Waals surface area contributed by atoms with Crippen molar-refractivity contribution in [3.63, 3.8) is 0 Å². The van der Waals surface area contributed by atoms with E-state index in [1.54, 1.807) is 10.9 Å². The van der Waals surface area contributed by atoms with Crippen molar-refractivity contribution in [1.82, 2.24) is 9.78 Å². The second kappa shape index (κ2) is 6.10. The van der Waals surface area contributed by atoms with Gasteiger partial charge in [0.2, 0.25) is 5.91 Å². The second-order valence-electron chi connectivity index (χ2n) is 5.61. The third-order valence-electron chi connectivity index (χ3n) is 3.99. The first-order valence-corrected chi connectivity index (χ1v) is 7.39. The zero-order valence-corrected chi connectivity index (χ0v) is 11.9. The Morgan fingerprint density at radius 1 is 1.29 bits per heavy atom. The van der Waals surface area contributed by atoms with E-state index in [-0.39, 0.29) is 17.9 Å². The van der Waals surface area contributed by atoms with Crippen molar-refractivity contribution >= 4 is 11.6 Å². The van der Waals surface area contributed by atoms with Gasteiger partial charge in [0.1, 0.15) is 0 Å². The minimum Gasteiger partial charge on any atom is -0.328 e. The van der Waals surface area contributed by atoms with Crippen LogP contribution in [0.2, 0.25) is 0 Å². The molecule has 0 saturated heterocycles. The normalized spacial score (nSPS) is 22.0. The SMILES string of the molecule is NC1CCCC(C(=O)Nc2ccc(-n3cccn3)cc2)C1. The van der Waals surface area contributed by atoms with Crippen LogP contribution in [0.25, 0.3) is 5.69 Å². The molecule has 3 rings (SSSR count). The molecule has 21 heavy (non-hydrogen) atoms. The Morgan fingerprint density at radius 3 is 2.76 bits per heavy atom. The first kappa shape index (κ1) is 13.8. The van der Waals surface area contributed by atoms with Crippen molar-refractivity contribution < 1.29 is 4.79 Å². The Kier molecular flexibility index (Phi) is 4.01. The molecule has 1 amide bonds. The number of nitrogens with two attached hydrogens (primary N) is 1. The predicted molar refractivity (Wildman–Crippen MR) is 82.1 cm³/mol. The summed E-state index contributed by atoms with van der Waals surface area (Å²) in [6.45, 7) is 0. The lowest BCUT2D eigenvalue weighted by molar-refractivity contribution is -0.120. The largest absolute Gasteiger partial charge is 0.328 e. The Morgan fingerprint density at radius 2 is 2.10 bits per heavy atom. The molecule has 5 nitrogen and oxygen atoms in total. The predicted octanol–water partition coefficient (Wildman–Crippen LogP) is 2.33. The van der Waals surface area contributed by atoms with Crippen LogP contribution in [-0.4, -0.2) is 21.7 Å². The lowest BCUT2D eigenvalue weighted by Gasteiger charge is -2.25. The van der Waals surface area contributed by atoms with Crippen LogP contribution in [0.5, 0.6) is 0 Å². The maximum Gasteiger partial charge on any atom is 0.227 e. The van der Waals surface area contributed by atoms with Gasteiger partial charge < -0.3 is 11.1 Å². The maximum absolute atomic E-state index is 12.2. The first-order valence-electron chi connectivity index (χ1n) is 7.39. The molecule has 1 saturated carbocycles. The van der Waals surface area contributed by atoms with Gasteiger partial charge >= 0.3 is 0 Å². The van der Waals surface area contributed by atoms with Crippen molar-refractivity contribution in [2.24, 2.45) is 11.7 Å². The number of nitrogens with one attached hydrogen (secondary N) is 1. The number of carbonyl (C=O) groups excluding carboxylic acids is 1. The van der Waals surface area contributed by atoms with Crippen molar-refractivity contribution in [2.45, 2.75) is 31.7 Å². The fourth-order valence-electron chi connectivity index (χ4n) is 2.83. The highest BCUT2D eigenvalue weighted by Crippen LogP contribution is 2.24. The molecule has 5 heteroatoms. The molecule has 1 fully saturated rings. The minimum atomic E-state index is 0.0412. The Hall–Kier alpha value is -2.14. The summed E-state index contributed by atoms with van der Waals surface area (Å²) in [7, 11) is 0. The molecule has 3 N–H and O–H groups in total. The standard InChI is InChI=1S/C16H20N4O/c17-13-4-1-3-12(11-13)16(21)19-14-5-7-15(8-6-14)20-10-2-9-18-20/h2,5-10,12-13H,1,3-4,11,17H2,(H,19,21). The van der Waals surface area contributed by atoms with Crippen LogP contribution in [0.4, 0.5) is 5.69 Å². The van der Waals surface area contributed by atoms with Crippen molar-refractivity contribution in [1.29, 1.82) is 0 Å². The average molecular weight is 284 g/mol. The average Bonchev–Trinajstić information content (AvgIpc) is 3.02. The molecule has 0 bridgehead atoms. The van der Waals surface area contributed by atoms with Crippen LogP contribution in [0.3, 0.4) is 0 Å². The lowest BCUT2D eigenvalue weighted by atomic mass is 9.85. The van der Waals surface area contributed by atoms with E-state index in [0.717, 1.165) is 37.1 Å². The van der Waals surface area contributed by atoms with Gasteiger partial charge in [-0.2, -0.15) is 5.10 Å². The van der Waals surface area contributed by atoms with Gasteiger partial charge in [-0.1, -0.05) is 6.42 Å². The summed E-state index contributed by atoms with van der Waals surface area (Å²) in [6, 6.07) is 9.72. The number of aromatic nitrogens is 2. The van der Waals surface area contributed by atoms with Gasteiger partial charge in [0, 0.05) is 30.0 Å². The summed E-state index contributed by atoms with van der Waals surface area (Å²) < 4.78 is 1.78. The lowest BCUT2D eigenvalue weighted by Crippen LogP contribution is -2.34. The first-order chi connectivity index (χ1) is 10.2. The number of hydrogen-bond donors (Lipinski definition) is 2. The van der Waals surface area contributed by atoms with Crippen molar-refractivity contribution in [3.05, 3.63) is 42.7 Å². The van der Waals surface area contributed by atoms with E-state index in [2.05, 4.69) is 10.4 Å². The molecule has 1 aliphatic rings. The molecule has 2 atom stereocenters. The number of nitrogens with zero attached hydrogens (tertiary/aromatic N) is 2. The quantitative estimate of drug-likeness (QED) is 0.908. The molecule has 1 aromatic heterocycles. The van der Waals surface area contributed by atoms with Crippen LogP contribution in [0, 0.1) is 5.92 Å². The number of benzene rings is 1. The Labute approximate surface area is 124 Å². The van der Waals surface area contributed by atoms with Crippen LogP contribution in [0.15, 0.2) is 42.7 Å². The Balaban J connectivity index is 1.63. The molecular formula is C16H20N4O. The fraction of sp³-hybridized carbons (Fsp3) is 0.375. The number of anilines is 1. The van der Waals surface area contributed by atoms with E-state index in [9.17, 15) is 4.79 Å². The van der Waals surface area contributed by atoms with Gasteiger partial charge in [-0.05, 0) is 49.6 Å². The van der Waals surface area contributed by atoms with Crippen LogP contribution >= 0.6 is 0 Å². The van der Waals surface area contributed by atoms with Gasteiger partial charge in [0.15, 0.2) is 0 Å². The number of rotatable bonds is 3. The second-order valence-corrected chi connectivity index (χ2v) is 5.61. The third kappa shape index (κ3) is 3.31. The summed E-state index contributed by atoms with van der Waals surface area (Å²) in [5, 5.41) is 7.15. The van der Waals surface area contributed by atoms with Crippen molar-refractivity contribution in [2.75, 3.05) is 5.32 Å². The molecular weight excluding hydrogens is 264 g/mol. The molecule has 2 aromatic rings. The fourth-order valence-corrected chi connectivity index (χ4v) is 2.83. The highest BCUT2D eigenvalue weighted by molar-refractivity contribution is 5.92. The number of amides is 1. The third-order valence-corrected chi connectivity index (χ3v) is 3.99. The molecule has 2 unspecified atom stereocenters. The highest BCUT2D eigenvalue weighted by Gasteiger charge is 2.25. The smallest absolute Gasteiger partial charge is 0.227 e. The summed E-state index contributed by atoms with van der Waals surface area (Å²) in [4.78, 5) is 12.2. The highest BCUT2D eigenvalue weighted by atomic mass is 16.1. The van der Waals surface area contributed by atoms with E-state index in [4.69, 9.17) is 5.73 Å². The molecule has 1 aliphatic carbocycles. The molecule has 0 radical (unpaired) electrons. The molecule has 110 valence electrons. The van der Waals surface area contributed by atoms with Crippen molar-refractivity contribution in [3.8, 4) is 5.69 Å². The van der Waals surface area contributed by atoms with E-state index in [1.165, 1.54) is 0 Å². The van der Waals surface area contributed by atoms with Gasteiger partial charge in [-0.15, -0.1) is 0 Å². The maximum atomic E-state index is 12.2. The molecule has 1 heterocycles. The summed E-state index contributed by atoms with van der Waals surface area (Å²) >= 11 is 0. The monoisotopic (exact) mass is 284 g/mol. The zero-order valence-electron chi connectivity index (χ0n) is 11.9. The number of hydrogen-bond acceptors (Lipinski definition) is 3. The van der Waals surface area contributed by atoms with E-state index in [1.807, 2.05) is 36.5 Å². The van der Waals surface area contributed by atoms with Crippen LogP contribution < -0.4 is 11.1 Å². The zero-order chi connectivity index (χ0) is 14.7. The Bertz CT molecular complexity index is 591. The summed E-state index contributed by atoms with van der Waals surface area (Å²) in [6.07, 6.45) is 7.42. The summed E-state index contributed by atoms with van der Waals surface area (Å²) in [5.41, 5.74) is 7.73. The van der Waals surface area contributed by atoms with Crippen LogP contribution in [-0.2, 0) is 4.79 Å². The van der Waals surface area contributed by atoms with Crippen LogP contribution in [0.1, 0.15) is 25.7 Å². The van der Waals surface area contributed by atoms with Gasteiger partial charge in [-0.25, -0.2) is 4.68 Å². The number of carbonyl (C=O) groups is 1. The van der Waals surface area contributed by atoms with E-state index < -0.39 is 0 Å². The van der Waals surface area contributed by atoms with Gasteiger partial charge in [-0.3, -0.25) is 4.79 Å². The van der Waals surface area contributed by atoms with E-state index in [0.29, 0.717) is 0 Å².